The maximum Gasteiger partial charge on any atom is 0.305 e. The lowest BCUT2D eigenvalue weighted by molar-refractivity contribution is -0.151. The van der Waals surface area contributed by atoms with Gasteiger partial charge in [0.15, 0.2) is 0 Å². The van der Waals surface area contributed by atoms with Gasteiger partial charge in [-0.1, -0.05) is 169 Å². The second-order valence-corrected chi connectivity index (χ2v) is 34.6. The molecule has 15 amide bonds. The van der Waals surface area contributed by atoms with E-state index in [4.69, 9.17) is 5.73 Å². The van der Waals surface area contributed by atoms with Crippen LogP contribution in [-0.4, -0.2) is 265 Å². The predicted octanol–water partition coefficient (Wildman–Crippen LogP) is 2.47. The molecule has 1 saturated heterocycles. The fourth-order valence-electron chi connectivity index (χ4n) is 15.3. The summed E-state index contributed by atoms with van der Waals surface area (Å²) in [5.74, 6) is -17.7. The number of para-hydroxylation sites is 2. The van der Waals surface area contributed by atoms with Crippen molar-refractivity contribution >= 4 is 128 Å². The first-order valence-electron chi connectivity index (χ1n) is 43.3. The third-order valence-electron chi connectivity index (χ3n) is 22.4. The third kappa shape index (κ3) is 29.7. The van der Waals surface area contributed by atoms with Gasteiger partial charge in [0, 0.05) is 107 Å². The Bertz CT molecular complexity index is 5360. The molecule has 1 unspecified atom stereocenters. The summed E-state index contributed by atoms with van der Waals surface area (Å²) < 4.78 is 0. The third-order valence-corrected chi connectivity index (χ3v) is 23.5. The summed E-state index contributed by atoms with van der Waals surface area (Å²) in [4.78, 5) is 246. The molecule has 0 aliphatic carbocycles. The number of phenols is 2. The number of aromatic nitrogens is 2. The van der Waals surface area contributed by atoms with Gasteiger partial charge in [0.2, 0.25) is 88.6 Å². The zero-order chi connectivity index (χ0) is 95.3. The highest BCUT2D eigenvalue weighted by Gasteiger charge is 2.42. The Balaban J connectivity index is 1.11. The molecule has 9 rings (SSSR count). The number of aromatic hydroxyl groups is 2. The Morgan fingerprint density at radius 3 is 1.38 bits per heavy atom. The van der Waals surface area contributed by atoms with Crippen LogP contribution in [0.3, 0.4) is 0 Å². The molecule has 37 heteroatoms. The predicted molar refractivity (Wildman–Crippen MR) is 489 cm³/mol. The van der Waals surface area contributed by atoms with Gasteiger partial charge < -0.3 is 104 Å². The van der Waals surface area contributed by atoms with Gasteiger partial charge in [0.05, 0.1) is 31.8 Å². The number of nitrogens with two attached hydrogens (primary N) is 1. The number of fused-ring (bicyclic) bond motifs is 2. The number of carboxylic acids is 1. The Morgan fingerprint density at radius 1 is 0.450 bits per heavy atom. The maximum absolute atomic E-state index is 15.5. The molecule has 698 valence electrons. The molecule has 131 heavy (non-hydrogen) atoms. The lowest BCUT2D eigenvalue weighted by Gasteiger charge is -2.37. The van der Waals surface area contributed by atoms with Crippen LogP contribution in [0.15, 0.2) is 170 Å². The fourth-order valence-corrected chi connectivity index (χ4v) is 16.2. The first kappa shape index (κ1) is 101. The number of phenolic OH excluding ortho intramolecular Hbond substituents is 2. The minimum absolute atomic E-state index is 0.0260. The van der Waals surface area contributed by atoms with E-state index in [9.17, 15) is 53.7 Å². The number of rotatable bonds is 23. The van der Waals surface area contributed by atoms with Crippen molar-refractivity contribution in [3.8, 4) is 11.5 Å². The summed E-state index contributed by atoms with van der Waals surface area (Å²) in [6.45, 7) is 6.12. The normalized spacial score (nSPS) is 21.7. The molecule has 3 heterocycles. The summed E-state index contributed by atoms with van der Waals surface area (Å²) in [5, 5.41) is 58.9. The number of amides is 15. The van der Waals surface area contributed by atoms with Gasteiger partial charge in [-0.3, -0.25) is 76.7 Å². The lowest BCUT2D eigenvalue weighted by Crippen LogP contribution is -2.61. The smallest absolute Gasteiger partial charge is 0.305 e. The topological polar surface area (TPSA) is 525 Å². The number of carboxylic acid groups (broad SMARTS) is 1. The Hall–Kier alpha value is -14.1. The van der Waals surface area contributed by atoms with E-state index < -0.39 is 199 Å². The van der Waals surface area contributed by atoms with Crippen molar-refractivity contribution in [2.24, 2.45) is 17.6 Å². The van der Waals surface area contributed by atoms with Crippen LogP contribution in [0.25, 0.3) is 21.8 Å². The van der Waals surface area contributed by atoms with Gasteiger partial charge in [-0.25, -0.2) is 0 Å². The van der Waals surface area contributed by atoms with E-state index in [0.717, 1.165) is 21.6 Å². The van der Waals surface area contributed by atoms with Gasteiger partial charge >= 0.3 is 5.97 Å². The molecule has 36 nitrogen and oxygen atoms in total. The number of likely N-dealkylation sites (N-methyl/N-ethyl adjacent to an activating group) is 4. The molecule has 0 spiro atoms. The number of nitrogens with zero attached hydrogens (tertiary/aromatic N) is 4. The fraction of sp³-hybridized carbons (Fsp3) is 0.404. The second-order valence-electron chi connectivity index (χ2n) is 33.5. The quantitative estimate of drug-likeness (QED) is 0.0437. The van der Waals surface area contributed by atoms with Crippen LogP contribution in [-0.2, 0) is 115 Å². The molecule has 8 aromatic rings. The molecular formula is C94H117N17O19S. The number of carbonyl (C=O) groups excluding carboxylic acids is 15. The highest BCUT2D eigenvalue weighted by Crippen LogP contribution is 2.25. The van der Waals surface area contributed by atoms with Crippen molar-refractivity contribution in [2.45, 2.75) is 172 Å². The standard InChI is InChI=1S/C94H117N17O19S/c1-10-11-30-76-93(129)109(7)51-80(116)100-72(46-82(118)119)89(125)107-83(55(4)5)90(126)104-71(45-61-48-97-67-29-21-19-27-65(61)67)88(124)105-73(42-59-33-37-63(113)38-34-59)91(127)108(6)50-79(115)99-70(44-60-47-96-66-28-20-18-26-64(60)66)87(123)103-69(40-58-31-35-62(112)36-32-58)86(122)102-68(39-54(2)3)85(121)106-75(84(120)98-49-78(95)114)52-131-53-81(117)101-74(41-56-22-14-12-15-23-56)92(128)111(9)77(94(130)110(76)8)43-57-24-16-13-17-25-57/h12-29,31-38,47-48,54-55,68-77,83,96-97,112-113H,10-11,30,39-46,49-53H2,1-9H3,(H2,95,114)(H,98,120)(H,99,115)(H,100,116)(H,101,117)(H,102,122)(H,103,123)(H,104,126)(H,105,124)(H,106,121)(H,107,125)(H,118,119)/t68-,69-,70-,71-,72?,73-,74-,75-,76-,77-,83-/m0/s1. The molecule has 0 bridgehead atoms. The summed E-state index contributed by atoms with van der Waals surface area (Å²) in [5.41, 5.74) is 9.71. The number of nitrogens with one attached hydrogen (secondary N) is 12. The molecule has 1 aliphatic rings. The Labute approximate surface area is 762 Å². The second kappa shape index (κ2) is 48.3. The number of aromatic amines is 2. The minimum atomic E-state index is -1.92. The van der Waals surface area contributed by atoms with E-state index in [1.165, 1.54) is 86.5 Å². The van der Waals surface area contributed by atoms with Gasteiger partial charge in [0.25, 0.3) is 0 Å². The number of carbonyl (C=O) groups is 16. The number of aliphatic carboxylic acids is 1. The number of hydrogen-bond acceptors (Lipinski definition) is 19. The molecule has 6 aromatic carbocycles. The summed E-state index contributed by atoms with van der Waals surface area (Å²) >= 11 is 0.828. The van der Waals surface area contributed by atoms with Crippen LogP contribution in [0.1, 0.15) is 100 Å². The monoisotopic (exact) mass is 1820 g/mol. The SMILES string of the molecule is CCCC[C@H]1C(=O)N(C)CC(=O)NC(CC(=O)O)C(=O)N[C@@H](C(C)C)C(=O)N[C@@H](Cc2c[nH]c3ccccc23)C(=O)N[C@@H](Cc2ccc(O)cc2)C(=O)N(C)CC(=O)N[C@@H](Cc2c[nH]c3ccccc23)C(=O)N[C@@H](Cc2ccc(O)cc2)C(=O)N[C@@H](CC(C)C)C(=O)N[C@H](C(=O)NCC(N)=O)CSCC(=O)N[C@@H](Cc2ccccc2)C(=O)N(C)[C@@H](Cc2ccccc2)C(=O)N1C. The highest BCUT2D eigenvalue weighted by atomic mass is 32.2. The average molecular weight is 1820 g/mol. The van der Waals surface area contributed by atoms with Crippen LogP contribution >= 0.6 is 11.8 Å². The molecule has 1 aliphatic heterocycles. The number of thioether (sulfide) groups is 1. The number of H-pyrrole nitrogens is 2. The van der Waals surface area contributed by atoms with E-state index in [0.29, 0.717) is 68.0 Å². The number of benzene rings is 6. The Morgan fingerprint density at radius 2 is 0.870 bits per heavy atom. The van der Waals surface area contributed by atoms with Crippen molar-refractivity contribution in [2.75, 3.05) is 59.3 Å². The Kier molecular flexibility index (Phi) is 37.1. The summed E-state index contributed by atoms with van der Waals surface area (Å²) in [6, 6.07) is 25.6. The summed E-state index contributed by atoms with van der Waals surface area (Å²) in [7, 11) is 5.24. The van der Waals surface area contributed by atoms with E-state index in [1.54, 1.807) is 149 Å². The van der Waals surface area contributed by atoms with E-state index in [2.05, 4.69) is 63.1 Å². The van der Waals surface area contributed by atoms with Gasteiger partial charge in [-0.2, -0.15) is 0 Å². The van der Waals surface area contributed by atoms with Crippen molar-refractivity contribution < 1.29 is 92.0 Å². The molecule has 2 aromatic heterocycles. The van der Waals surface area contributed by atoms with E-state index in [1.807, 2.05) is 6.92 Å². The molecule has 0 saturated carbocycles. The minimum Gasteiger partial charge on any atom is -0.508 e. The van der Waals surface area contributed by atoms with Crippen molar-refractivity contribution in [1.29, 1.82) is 0 Å². The molecule has 1 fully saturated rings. The van der Waals surface area contributed by atoms with Crippen molar-refractivity contribution in [3.05, 3.63) is 203 Å². The van der Waals surface area contributed by atoms with Gasteiger partial charge in [0.1, 0.15) is 78.0 Å². The largest absolute Gasteiger partial charge is 0.508 e. The van der Waals surface area contributed by atoms with E-state index >= 15 is 38.4 Å². The van der Waals surface area contributed by atoms with Crippen LogP contribution in [0, 0.1) is 11.8 Å². The average Bonchev–Trinajstić information content (AvgIpc) is 1.25. The zero-order valence-corrected chi connectivity index (χ0v) is 75.4. The van der Waals surface area contributed by atoms with Crippen LogP contribution in [0.4, 0.5) is 0 Å². The van der Waals surface area contributed by atoms with Crippen LogP contribution < -0.4 is 58.9 Å². The summed E-state index contributed by atoms with van der Waals surface area (Å²) in [6.07, 6.45) is 1.58. The first-order valence-corrected chi connectivity index (χ1v) is 44.4. The molecule has 0 radical (unpaired) electrons. The lowest BCUT2D eigenvalue weighted by atomic mass is 9.99. The zero-order valence-electron chi connectivity index (χ0n) is 74.6. The number of primary amides is 1. The van der Waals surface area contributed by atoms with Crippen LogP contribution in [0.5, 0.6) is 11.5 Å². The number of hydrogen-bond donors (Lipinski definition) is 16. The van der Waals surface area contributed by atoms with Crippen molar-refractivity contribution in [3.63, 3.8) is 0 Å². The highest BCUT2D eigenvalue weighted by molar-refractivity contribution is 8.00. The van der Waals surface area contributed by atoms with Gasteiger partial charge in [-0.15, -0.1) is 11.8 Å². The molecule has 11 atom stereocenters. The molecular weight excluding hydrogens is 1700 g/mol. The van der Waals surface area contributed by atoms with Crippen LogP contribution in [0.2, 0.25) is 0 Å². The van der Waals surface area contributed by atoms with Crippen molar-refractivity contribution in [1.82, 2.24) is 82.7 Å². The first-order chi connectivity index (χ1) is 62.4. The number of unbranched alkanes of at least 4 members (excludes halogenated alkanes) is 1. The van der Waals surface area contributed by atoms with E-state index in [-0.39, 0.29) is 74.5 Å². The maximum atomic E-state index is 15.5. The van der Waals surface area contributed by atoms with Gasteiger partial charge in [-0.05, 0) is 94.5 Å². The molecule has 17 N–H and O–H groups in total.